The van der Waals surface area contributed by atoms with Gasteiger partial charge in [-0.15, -0.1) is 0 Å². The lowest BCUT2D eigenvalue weighted by molar-refractivity contribution is 0.0783. The fraction of sp³-hybridized carbons (Fsp3) is 0.200. The van der Waals surface area contributed by atoms with E-state index in [0.717, 1.165) is 17.1 Å². The lowest BCUT2D eigenvalue weighted by Crippen LogP contribution is -2.26. The largest absolute Gasteiger partial charge is 0.454 e. The van der Waals surface area contributed by atoms with Crippen molar-refractivity contribution in [3.8, 4) is 11.5 Å². The van der Waals surface area contributed by atoms with Crippen LogP contribution in [0.5, 0.6) is 11.5 Å². The first-order valence-corrected chi connectivity index (χ1v) is 6.28. The number of hydrogen-bond donors (Lipinski definition) is 0. The van der Waals surface area contributed by atoms with Crippen molar-refractivity contribution < 1.29 is 14.3 Å². The molecular formula is C15H14N2O3. The molecule has 20 heavy (non-hydrogen) atoms. The molecule has 0 N–H and O–H groups in total. The summed E-state index contributed by atoms with van der Waals surface area (Å²) in [6.45, 7) is 0.687. The Morgan fingerprint density at radius 1 is 1.30 bits per heavy atom. The minimum atomic E-state index is -0.0744. The van der Waals surface area contributed by atoms with E-state index in [2.05, 4.69) is 4.98 Å². The number of aromatic nitrogens is 1. The molecule has 1 aromatic heterocycles. The number of hydrogen-bond acceptors (Lipinski definition) is 4. The van der Waals surface area contributed by atoms with Crippen molar-refractivity contribution in [2.45, 2.75) is 6.54 Å². The van der Waals surface area contributed by atoms with Crippen LogP contribution in [-0.2, 0) is 6.54 Å². The van der Waals surface area contributed by atoms with E-state index in [4.69, 9.17) is 9.47 Å². The van der Waals surface area contributed by atoms with Gasteiger partial charge in [-0.2, -0.15) is 0 Å². The first-order chi connectivity index (χ1) is 9.75. The van der Waals surface area contributed by atoms with E-state index in [0.29, 0.717) is 12.1 Å². The van der Waals surface area contributed by atoms with Crippen molar-refractivity contribution >= 4 is 5.91 Å². The molecule has 0 bridgehead atoms. The Labute approximate surface area is 116 Å². The minimum absolute atomic E-state index is 0.0744. The van der Waals surface area contributed by atoms with Crippen molar-refractivity contribution in [2.24, 2.45) is 0 Å². The van der Waals surface area contributed by atoms with Gasteiger partial charge in [-0.3, -0.25) is 9.78 Å². The number of rotatable bonds is 3. The van der Waals surface area contributed by atoms with Gasteiger partial charge < -0.3 is 14.4 Å². The molecule has 0 saturated heterocycles. The normalized spacial score (nSPS) is 12.2. The third-order valence-corrected chi connectivity index (χ3v) is 3.14. The van der Waals surface area contributed by atoms with Gasteiger partial charge in [-0.1, -0.05) is 12.1 Å². The fourth-order valence-corrected chi connectivity index (χ4v) is 2.15. The molecule has 3 rings (SSSR count). The van der Waals surface area contributed by atoms with E-state index >= 15 is 0 Å². The molecule has 0 unspecified atom stereocenters. The zero-order valence-corrected chi connectivity index (χ0v) is 11.1. The number of fused-ring (bicyclic) bond motifs is 1. The third kappa shape index (κ3) is 2.30. The summed E-state index contributed by atoms with van der Waals surface area (Å²) < 4.78 is 10.8. The summed E-state index contributed by atoms with van der Waals surface area (Å²) in [5.74, 6) is 1.37. The molecule has 0 fully saturated rings. The minimum Gasteiger partial charge on any atom is -0.454 e. The first-order valence-electron chi connectivity index (χ1n) is 6.28. The van der Waals surface area contributed by atoms with E-state index < -0.39 is 0 Å². The molecule has 1 aliphatic heterocycles. The second-order valence-corrected chi connectivity index (χ2v) is 4.55. The van der Waals surface area contributed by atoms with E-state index in [1.165, 1.54) is 0 Å². The van der Waals surface area contributed by atoms with Crippen LogP contribution in [0, 0.1) is 0 Å². The predicted octanol–water partition coefficient (Wildman–Crippen LogP) is 2.08. The van der Waals surface area contributed by atoms with E-state index in [1.54, 1.807) is 36.5 Å². The number of benzene rings is 1. The number of pyridine rings is 1. The predicted molar refractivity (Wildman–Crippen MR) is 72.6 cm³/mol. The van der Waals surface area contributed by atoms with Crippen molar-refractivity contribution in [2.75, 3.05) is 13.8 Å². The number of carbonyl (C=O) groups excluding carboxylic acids is 1. The van der Waals surface area contributed by atoms with Crippen LogP contribution in [0.15, 0.2) is 42.7 Å². The van der Waals surface area contributed by atoms with Crippen LogP contribution in [0.25, 0.3) is 0 Å². The Morgan fingerprint density at radius 2 is 2.20 bits per heavy atom. The van der Waals surface area contributed by atoms with Crippen LogP contribution in [0.4, 0.5) is 0 Å². The van der Waals surface area contributed by atoms with Crippen LogP contribution in [-0.4, -0.2) is 29.6 Å². The van der Waals surface area contributed by atoms with E-state index in [9.17, 15) is 4.79 Å². The molecule has 0 aliphatic carbocycles. The topological polar surface area (TPSA) is 51.7 Å². The molecule has 5 nitrogen and oxygen atoms in total. The Kier molecular flexibility index (Phi) is 3.25. The molecule has 1 aromatic carbocycles. The maximum absolute atomic E-state index is 12.3. The van der Waals surface area contributed by atoms with Crippen LogP contribution >= 0.6 is 0 Å². The molecular weight excluding hydrogens is 256 g/mol. The molecule has 1 amide bonds. The number of nitrogens with zero attached hydrogens (tertiary/aromatic N) is 2. The highest BCUT2D eigenvalue weighted by atomic mass is 16.7. The molecule has 102 valence electrons. The summed E-state index contributed by atoms with van der Waals surface area (Å²) in [4.78, 5) is 17.9. The van der Waals surface area contributed by atoms with Gasteiger partial charge in [0, 0.05) is 31.5 Å². The zero-order chi connectivity index (χ0) is 13.9. The maximum atomic E-state index is 12.3. The molecule has 5 heteroatoms. The molecule has 2 heterocycles. The quantitative estimate of drug-likeness (QED) is 0.857. The lowest BCUT2D eigenvalue weighted by Gasteiger charge is -2.18. The standard InChI is InChI=1S/C15H14N2O3/c1-17(15(18)11-5-3-7-16-8-11)9-12-4-2-6-13-14(12)20-10-19-13/h2-8H,9-10H2,1H3. The van der Waals surface area contributed by atoms with Crippen LogP contribution in [0.2, 0.25) is 0 Å². The van der Waals surface area contributed by atoms with Gasteiger partial charge in [0.05, 0.1) is 5.56 Å². The summed E-state index contributed by atoms with van der Waals surface area (Å²) in [5.41, 5.74) is 1.50. The molecule has 1 aliphatic rings. The van der Waals surface area contributed by atoms with Gasteiger partial charge in [0.25, 0.3) is 5.91 Å². The zero-order valence-electron chi connectivity index (χ0n) is 11.1. The Hall–Kier alpha value is -2.56. The van der Waals surface area contributed by atoms with Crippen LogP contribution in [0.1, 0.15) is 15.9 Å². The van der Waals surface area contributed by atoms with Crippen molar-refractivity contribution in [1.29, 1.82) is 0 Å². The average Bonchev–Trinajstić information content (AvgIpc) is 2.97. The summed E-state index contributed by atoms with van der Waals surface area (Å²) >= 11 is 0. The summed E-state index contributed by atoms with van der Waals surface area (Å²) in [5, 5.41) is 0. The summed E-state index contributed by atoms with van der Waals surface area (Å²) in [7, 11) is 1.75. The van der Waals surface area contributed by atoms with Gasteiger partial charge in [-0.05, 0) is 18.2 Å². The highest BCUT2D eigenvalue weighted by Crippen LogP contribution is 2.35. The molecule has 0 radical (unpaired) electrons. The Balaban J connectivity index is 1.78. The summed E-state index contributed by atoms with van der Waals surface area (Å²) in [6, 6.07) is 9.18. The fourth-order valence-electron chi connectivity index (χ4n) is 2.15. The third-order valence-electron chi connectivity index (χ3n) is 3.14. The molecule has 0 atom stereocenters. The van der Waals surface area contributed by atoms with Gasteiger partial charge in [0.1, 0.15) is 0 Å². The highest BCUT2D eigenvalue weighted by molar-refractivity contribution is 5.93. The van der Waals surface area contributed by atoms with Gasteiger partial charge in [-0.25, -0.2) is 0 Å². The first kappa shape index (κ1) is 12.5. The number of amides is 1. The maximum Gasteiger partial charge on any atom is 0.255 e. The second-order valence-electron chi connectivity index (χ2n) is 4.55. The van der Waals surface area contributed by atoms with Crippen LogP contribution in [0.3, 0.4) is 0 Å². The highest BCUT2D eigenvalue weighted by Gasteiger charge is 2.20. The van der Waals surface area contributed by atoms with Crippen LogP contribution < -0.4 is 9.47 Å². The monoisotopic (exact) mass is 270 g/mol. The molecule has 0 spiro atoms. The number of carbonyl (C=O) groups is 1. The molecule has 0 saturated carbocycles. The molecule has 2 aromatic rings. The van der Waals surface area contributed by atoms with Crippen molar-refractivity contribution in [3.05, 3.63) is 53.9 Å². The average molecular weight is 270 g/mol. The SMILES string of the molecule is CN(Cc1cccc2c1OCO2)C(=O)c1cccnc1. The number of ether oxygens (including phenoxy) is 2. The van der Waals surface area contributed by atoms with Crippen molar-refractivity contribution in [3.63, 3.8) is 0 Å². The smallest absolute Gasteiger partial charge is 0.255 e. The van der Waals surface area contributed by atoms with Crippen molar-refractivity contribution in [1.82, 2.24) is 9.88 Å². The van der Waals surface area contributed by atoms with E-state index in [-0.39, 0.29) is 12.7 Å². The van der Waals surface area contributed by atoms with Gasteiger partial charge in [0.15, 0.2) is 11.5 Å². The second kappa shape index (κ2) is 5.21. The van der Waals surface area contributed by atoms with E-state index in [1.807, 2.05) is 18.2 Å². The summed E-state index contributed by atoms with van der Waals surface area (Å²) in [6.07, 6.45) is 3.21. The number of para-hydroxylation sites is 1. The van der Waals surface area contributed by atoms with Gasteiger partial charge in [0.2, 0.25) is 6.79 Å². The Bertz CT molecular complexity index is 628. The van der Waals surface area contributed by atoms with Gasteiger partial charge >= 0.3 is 0 Å². The Morgan fingerprint density at radius 3 is 3.00 bits per heavy atom. The lowest BCUT2D eigenvalue weighted by atomic mass is 10.1.